The number of ether oxygens (including phenoxy) is 6. The van der Waals surface area contributed by atoms with Crippen LogP contribution in [0.1, 0.15) is 49.0 Å². The minimum atomic E-state index is -0.190. The summed E-state index contributed by atoms with van der Waals surface area (Å²) in [4.78, 5) is 0. The molecule has 0 fully saturated rings. The lowest BCUT2D eigenvalue weighted by Gasteiger charge is -2.36. The van der Waals surface area contributed by atoms with Gasteiger partial charge in [-0.25, -0.2) is 0 Å². The van der Waals surface area contributed by atoms with Crippen LogP contribution in [-0.2, 0) is 6.42 Å². The second-order valence-corrected chi connectivity index (χ2v) is 8.36. The number of hydrogen-bond donors (Lipinski definition) is 0. The molecule has 0 amide bonds. The van der Waals surface area contributed by atoms with Crippen molar-refractivity contribution in [2.24, 2.45) is 0 Å². The van der Waals surface area contributed by atoms with E-state index in [1.165, 1.54) is 0 Å². The first kappa shape index (κ1) is 16.2. The summed E-state index contributed by atoms with van der Waals surface area (Å²) in [6, 6.07) is 5.95. The summed E-state index contributed by atoms with van der Waals surface area (Å²) < 4.78 is 35.7. The molecule has 4 heterocycles. The van der Waals surface area contributed by atoms with E-state index in [1.54, 1.807) is 7.11 Å². The summed E-state index contributed by atoms with van der Waals surface area (Å²) in [5.41, 5.74) is 2.97. The van der Waals surface area contributed by atoms with E-state index in [4.69, 9.17) is 28.4 Å². The molecule has 0 N–H and O–H groups in total. The third-order valence-corrected chi connectivity index (χ3v) is 6.14. The molecule has 0 bridgehead atoms. The molecule has 4 aliphatic heterocycles. The molecule has 6 rings (SSSR count). The van der Waals surface area contributed by atoms with Gasteiger partial charge < -0.3 is 28.4 Å². The molecule has 2 aromatic rings. The molecule has 28 heavy (non-hydrogen) atoms. The van der Waals surface area contributed by atoms with Gasteiger partial charge in [-0.15, -0.1) is 0 Å². The van der Waals surface area contributed by atoms with Gasteiger partial charge in [0.15, 0.2) is 11.5 Å². The molecular weight excluding hydrogens is 360 g/mol. The maximum atomic E-state index is 6.40. The van der Waals surface area contributed by atoms with E-state index in [2.05, 4.69) is 13.8 Å². The lowest BCUT2D eigenvalue weighted by Crippen LogP contribution is -2.33. The van der Waals surface area contributed by atoms with Crippen molar-refractivity contribution in [1.29, 1.82) is 0 Å². The van der Waals surface area contributed by atoms with Crippen LogP contribution < -0.4 is 28.4 Å². The zero-order valence-corrected chi connectivity index (χ0v) is 16.2. The highest BCUT2D eigenvalue weighted by Gasteiger charge is 2.45. The quantitative estimate of drug-likeness (QED) is 0.739. The van der Waals surface area contributed by atoms with Crippen LogP contribution in [0.4, 0.5) is 0 Å². The van der Waals surface area contributed by atoms with Crippen LogP contribution in [-0.4, -0.2) is 26.1 Å². The predicted molar refractivity (Wildman–Crippen MR) is 100 cm³/mol. The van der Waals surface area contributed by atoms with Gasteiger partial charge >= 0.3 is 0 Å². The summed E-state index contributed by atoms with van der Waals surface area (Å²) in [6.45, 7) is 5.01. The number of fused-ring (bicyclic) bond motifs is 7. The van der Waals surface area contributed by atoms with Crippen LogP contribution >= 0.6 is 0 Å². The highest BCUT2D eigenvalue weighted by atomic mass is 16.7. The van der Waals surface area contributed by atoms with E-state index in [1.807, 2.05) is 18.2 Å². The van der Waals surface area contributed by atoms with Crippen molar-refractivity contribution in [3.05, 3.63) is 34.9 Å². The van der Waals surface area contributed by atoms with Crippen LogP contribution in [0.2, 0.25) is 0 Å². The van der Waals surface area contributed by atoms with Gasteiger partial charge in [0, 0.05) is 23.3 Å². The first-order valence-corrected chi connectivity index (χ1v) is 9.70. The van der Waals surface area contributed by atoms with Crippen molar-refractivity contribution in [2.45, 2.75) is 44.3 Å². The summed E-state index contributed by atoms with van der Waals surface area (Å²) in [6.07, 6.45) is 1.68. The normalized spacial score (nSPS) is 24.7. The minimum absolute atomic E-state index is 0.0879. The first-order chi connectivity index (χ1) is 13.5. The molecule has 146 valence electrons. The maximum absolute atomic E-state index is 6.40. The molecule has 2 atom stereocenters. The largest absolute Gasteiger partial charge is 0.496 e. The Morgan fingerprint density at radius 2 is 1.75 bits per heavy atom. The fraction of sp³-hybridized carbons (Fsp3) is 0.455. The summed E-state index contributed by atoms with van der Waals surface area (Å²) in [7, 11) is 1.71. The predicted octanol–water partition coefficient (Wildman–Crippen LogP) is 4.14. The van der Waals surface area contributed by atoms with Gasteiger partial charge in [-0.2, -0.15) is 0 Å². The van der Waals surface area contributed by atoms with Gasteiger partial charge in [-0.3, -0.25) is 0 Å². The van der Waals surface area contributed by atoms with Crippen molar-refractivity contribution in [1.82, 2.24) is 0 Å². The second kappa shape index (κ2) is 5.40. The molecule has 0 saturated heterocycles. The van der Waals surface area contributed by atoms with Gasteiger partial charge in [0.25, 0.3) is 0 Å². The molecule has 0 aromatic heterocycles. The Kier molecular flexibility index (Phi) is 3.13. The van der Waals surface area contributed by atoms with Crippen LogP contribution in [0.15, 0.2) is 18.2 Å². The fourth-order valence-electron chi connectivity index (χ4n) is 4.72. The van der Waals surface area contributed by atoms with Crippen molar-refractivity contribution in [2.75, 3.05) is 20.5 Å². The Bertz CT molecular complexity index is 995. The first-order valence-electron chi connectivity index (χ1n) is 9.70. The Hall–Kier alpha value is -2.76. The Balaban J connectivity index is 1.47. The molecule has 6 nitrogen and oxygen atoms in total. The number of hydrogen-bond acceptors (Lipinski definition) is 6. The zero-order chi connectivity index (χ0) is 19.0. The number of methoxy groups -OCH3 is 1. The minimum Gasteiger partial charge on any atom is -0.496 e. The van der Waals surface area contributed by atoms with Crippen LogP contribution in [0.5, 0.6) is 34.5 Å². The van der Waals surface area contributed by atoms with Gasteiger partial charge in [0.1, 0.15) is 34.7 Å². The van der Waals surface area contributed by atoms with E-state index in [-0.39, 0.29) is 24.4 Å². The Labute approximate surface area is 163 Å². The lowest BCUT2D eigenvalue weighted by molar-refractivity contribution is 0.0808. The molecule has 6 heteroatoms. The van der Waals surface area contributed by atoms with Crippen molar-refractivity contribution in [3.8, 4) is 34.5 Å². The van der Waals surface area contributed by atoms with E-state index in [9.17, 15) is 0 Å². The summed E-state index contributed by atoms with van der Waals surface area (Å²) >= 11 is 0. The topological polar surface area (TPSA) is 55.4 Å². The Morgan fingerprint density at radius 3 is 2.57 bits per heavy atom. The lowest BCUT2D eigenvalue weighted by atomic mass is 9.85. The monoisotopic (exact) mass is 382 g/mol. The third kappa shape index (κ3) is 2.14. The standard InChI is InChI=1S/C22H22O6/c1-22(2)5-4-11-15(28-22)8-18-19(20(11)23-3)21-13(9-24-18)12-6-16-17(26-10-25-16)7-14(12)27-21/h6-8,13,21H,4-5,9-10H2,1-3H3/t13-,21+/m0/s1. The molecule has 0 unspecified atom stereocenters. The molecular formula is C22H22O6. The SMILES string of the molecule is COc1c2c(cc3c1[C@@H]1Oc4cc5c(cc4[C@@H]1CO3)OCO5)OC(C)(C)CC2. The van der Waals surface area contributed by atoms with Gasteiger partial charge in [-0.1, -0.05) is 0 Å². The van der Waals surface area contributed by atoms with Gasteiger partial charge in [0.2, 0.25) is 6.79 Å². The van der Waals surface area contributed by atoms with Crippen molar-refractivity contribution >= 4 is 0 Å². The zero-order valence-electron chi connectivity index (χ0n) is 16.2. The van der Waals surface area contributed by atoms with E-state index >= 15 is 0 Å². The molecule has 0 saturated carbocycles. The highest BCUT2D eigenvalue weighted by Crippen LogP contribution is 2.58. The van der Waals surface area contributed by atoms with Crippen molar-refractivity contribution < 1.29 is 28.4 Å². The summed E-state index contributed by atoms with van der Waals surface area (Å²) in [5, 5.41) is 0. The highest BCUT2D eigenvalue weighted by molar-refractivity contribution is 5.63. The van der Waals surface area contributed by atoms with E-state index < -0.39 is 0 Å². The number of rotatable bonds is 1. The third-order valence-electron chi connectivity index (χ3n) is 6.14. The van der Waals surface area contributed by atoms with Gasteiger partial charge in [-0.05, 0) is 32.8 Å². The van der Waals surface area contributed by atoms with Crippen LogP contribution in [0.3, 0.4) is 0 Å². The van der Waals surface area contributed by atoms with E-state index in [0.717, 1.165) is 64.0 Å². The molecule has 0 aliphatic carbocycles. The Morgan fingerprint density at radius 1 is 0.964 bits per heavy atom. The average molecular weight is 382 g/mol. The maximum Gasteiger partial charge on any atom is 0.231 e. The summed E-state index contributed by atoms with van der Waals surface area (Å²) in [5.74, 6) is 4.86. The fourth-order valence-corrected chi connectivity index (χ4v) is 4.72. The molecule has 0 radical (unpaired) electrons. The second-order valence-electron chi connectivity index (χ2n) is 8.36. The molecule has 0 spiro atoms. The molecule has 4 aliphatic rings. The number of benzene rings is 2. The smallest absolute Gasteiger partial charge is 0.231 e. The van der Waals surface area contributed by atoms with Crippen LogP contribution in [0, 0.1) is 0 Å². The van der Waals surface area contributed by atoms with Crippen molar-refractivity contribution in [3.63, 3.8) is 0 Å². The average Bonchev–Trinajstić information content (AvgIpc) is 3.26. The molecule has 2 aromatic carbocycles. The van der Waals surface area contributed by atoms with Gasteiger partial charge in [0.05, 0.1) is 25.2 Å². The van der Waals surface area contributed by atoms with Crippen LogP contribution in [0.25, 0.3) is 0 Å². The van der Waals surface area contributed by atoms with E-state index in [0.29, 0.717) is 6.61 Å².